The van der Waals surface area contributed by atoms with Crippen LogP contribution >= 0.6 is 0 Å². The summed E-state index contributed by atoms with van der Waals surface area (Å²) < 4.78 is 0. The van der Waals surface area contributed by atoms with Crippen molar-refractivity contribution in [3.05, 3.63) is 78.1 Å². The molecule has 1 fully saturated rings. The maximum Gasteiger partial charge on any atom is 0.253 e. The summed E-state index contributed by atoms with van der Waals surface area (Å²) >= 11 is 0. The number of rotatable bonds is 5. The van der Waals surface area contributed by atoms with Crippen LogP contribution in [0.1, 0.15) is 28.9 Å². The monoisotopic (exact) mass is 401 g/mol. The zero-order valence-corrected chi connectivity index (χ0v) is 17.5. The number of nitrogens with zero attached hydrogens (tertiary/aromatic N) is 4. The van der Waals surface area contributed by atoms with Crippen LogP contribution in [0, 0.1) is 0 Å². The molecule has 2 heterocycles. The van der Waals surface area contributed by atoms with Gasteiger partial charge in [-0.15, -0.1) is 0 Å². The minimum atomic E-state index is 0.0906. The van der Waals surface area contributed by atoms with Gasteiger partial charge in [-0.2, -0.15) is 0 Å². The third-order valence-electron chi connectivity index (χ3n) is 5.52. The predicted molar refractivity (Wildman–Crippen MR) is 119 cm³/mol. The second kappa shape index (κ2) is 9.05. The van der Waals surface area contributed by atoms with Crippen molar-refractivity contribution in [3.8, 4) is 11.3 Å². The van der Waals surface area contributed by atoms with Crippen LogP contribution in [0.3, 0.4) is 0 Å². The zero-order chi connectivity index (χ0) is 20.9. The van der Waals surface area contributed by atoms with Crippen LogP contribution in [0.5, 0.6) is 0 Å². The van der Waals surface area contributed by atoms with Crippen LogP contribution in [0.4, 0.5) is 5.82 Å². The van der Waals surface area contributed by atoms with Gasteiger partial charge in [0.25, 0.3) is 5.91 Å². The molecule has 0 radical (unpaired) electrons. The van der Waals surface area contributed by atoms with Gasteiger partial charge < -0.3 is 15.1 Å². The maximum atomic E-state index is 12.7. The van der Waals surface area contributed by atoms with Gasteiger partial charge in [-0.3, -0.25) is 9.78 Å². The summed E-state index contributed by atoms with van der Waals surface area (Å²) in [6, 6.07) is 18.0. The normalized spacial score (nSPS) is 15.6. The van der Waals surface area contributed by atoms with Gasteiger partial charge in [-0.05, 0) is 31.7 Å². The van der Waals surface area contributed by atoms with E-state index in [-0.39, 0.29) is 11.9 Å². The van der Waals surface area contributed by atoms with Crippen molar-refractivity contribution in [1.82, 2.24) is 19.8 Å². The Hall–Kier alpha value is -3.25. The molecule has 1 aliphatic rings. The number of piperazine rings is 1. The van der Waals surface area contributed by atoms with Gasteiger partial charge in [0, 0.05) is 43.3 Å². The summed E-state index contributed by atoms with van der Waals surface area (Å²) in [5.74, 6) is 0.814. The SMILES string of the molecule is CC(Nc1cncc(-c2ccc(C(=O)N3CCN(C)CC3)cc2)n1)c1ccccc1. The van der Waals surface area contributed by atoms with Crippen LogP contribution in [0.25, 0.3) is 11.3 Å². The second-order valence-electron chi connectivity index (χ2n) is 7.74. The van der Waals surface area contributed by atoms with E-state index in [1.165, 1.54) is 5.56 Å². The first-order valence-electron chi connectivity index (χ1n) is 10.3. The molecule has 2 aromatic carbocycles. The predicted octanol–water partition coefficient (Wildman–Crippen LogP) is 3.70. The molecule has 1 N–H and O–H groups in total. The van der Waals surface area contributed by atoms with E-state index in [4.69, 9.17) is 4.98 Å². The van der Waals surface area contributed by atoms with Crippen LogP contribution in [-0.4, -0.2) is 58.9 Å². The first-order valence-corrected chi connectivity index (χ1v) is 10.3. The molecule has 6 nitrogen and oxygen atoms in total. The highest BCUT2D eigenvalue weighted by atomic mass is 16.2. The molecule has 4 rings (SSSR count). The molecule has 1 unspecified atom stereocenters. The van der Waals surface area contributed by atoms with Crippen molar-refractivity contribution < 1.29 is 4.79 Å². The molecule has 154 valence electrons. The molecule has 1 atom stereocenters. The van der Waals surface area contributed by atoms with E-state index in [9.17, 15) is 4.79 Å². The summed E-state index contributed by atoms with van der Waals surface area (Å²) in [5.41, 5.74) is 3.62. The lowest BCUT2D eigenvalue weighted by molar-refractivity contribution is 0.0664. The Morgan fingerprint density at radius 1 is 0.967 bits per heavy atom. The van der Waals surface area contributed by atoms with Gasteiger partial charge in [0.1, 0.15) is 5.82 Å². The third kappa shape index (κ3) is 4.66. The number of carbonyl (C=O) groups is 1. The minimum absolute atomic E-state index is 0.0906. The first-order chi connectivity index (χ1) is 14.6. The fourth-order valence-electron chi connectivity index (χ4n) is 3.60. The maximum absolute atomic E-state index is 12.7. The lowest BCUT2D eigenvalue weighted by Crippen LogP contribution is -2.47. The van der Waals surface area contributed by atoms with E-state index in [0.29, 0.717) is 5.56 Å². The largest absolute Gasteiger partial charge is 0.362 e. The van der Waals surface area contributed by atoms with Crippen LogP contribution in [0.2, 0.25) is 0 Å². The molecule has 6 heteroatoms. The summed E-state index contributed by atoms with van der Waals surface area (Å²) in [6.45, 7) is 5.48. The average molecular weight is 402 g/mol. The molecule has 1 saturated heterocycles. The molecule has 1 aliphatic heterocycles. The number of nitrogens with one attached hydrogen (secondary N) is 1. The van der Waals surface area contributed by atoms with Gasteiger partial charge >= 0.3 is 0 Å². The number of aromatic nitrogens is 2. The number of hydrogen-bond donors (Lipinski definition) is 1. The molecule has 0 bridgehead atoms. The van der Waals surface area contributed by atoms with Gasteiger partial charge in [0.05, 0.1) is 18.1 Å². The Morgan fingerprint density at radius 2 is 1.67 bits per heavy atom. The summed E-state index contributed by atoms with van der Waals surface area (Å²) in [5, 5.41) is 3.41. The molecular formula is C24H27N5O. The molecule has 0 spiro atoms. The zero-order valence-electron chi connectivity index (χ0n) is 17.5. The molecule has 0 saturated carbocycles. The number of amides is 1. The molecule has 1 amide bonds. The van der Waals surface area contributed by atoms with Gasteiger partial charge in [0.2, 0.25) is 0 Å². The van der Waals surface area contributed by atoms with Gasteiger partial charge in [-0.25, -0.2) is 4.98 Å². The summed E-state index contributed by atoms with van der Waals surface area (Å²) in [4.78, 5) is 25.9. The Balaban J connectivity index is 1.45. The highest BCUT2D eigenvalue weighted by Gasteiger charge is 2.20. The Labute approximate surface area is 177 Å². The van der Waals surface area contributed by atoms with Crippen molar-refractivity contribution >= 4 is 11.7 Å². The van der Waals surface area contributed by atoms with Crippen molar-refractivity contribution in [2.24, 2.45) is 0 Å². The van der Waals surface area contributed by atoms with E-state index in [1.54, 1.807) is 12.4 Å². The highest BCUT2D eigenvalue weighted by Crippen LogP contribution is 2.22. The van der Waals surface area contributed by atoms with E-state index in [1.807, 2.05) is 47.4 Å². The summed E-state index contributed by atoms with van der Waals surface area (Å²) in [6.07, 6.45) is 3.48. The van der Waals surface area contributed by atoms with E-state index in [0.717, 1.165) is 43.3 Å². The smallest absolute Gasteiger partial charge is 0.253 e. The van der Waals surface area contributed by atoms with Crippen molar-refractivity contribution in [2.45, 2.75) is 13.0 Å². The molecule has 1 aromatic heterocycles. The Morgan fingerprint density at radius 3 is 2.37 bits per heavy atom. The molecule has 30 heavy (non-hydrogen) atoms. The molecular weight excluding hydrogens is 374 g/mol. The number of anilines is 1. The van der Waals surface area contributed by atoms with Gasteiger partial charge in [0.15, 0.2) is 0 Å². The van der Waals surface area contributed by atoms with E-state index in [2.05, 4.69) is 41.3 Å². The first kappa shape index (κ1) is 20.0. The van der Waals surface area contributed by atoms with Gasteiger partial charge in [-0.1, -0.05) is 42.5 Å². The van der Waals surface area contributed by atoms with E-state index >= 15 is 0 Å². The Kier molecular flexibility index (Phi) is 6.05. The quantitative estimate of drug-likeness (QED) is 0.706. The lowest BCUT2D eigenvalue weighted by Gasteiger charge is -2.32. The van der Waals surface area contributed by atoms with Crippen molar-refractivity contribution in [3.63, 3.8) is 0 Å². The van der Waals surface area contributed by atoms with Crippen LogP contribution in [0.15, 0.2) is 67.0 Å². The van der Waals surface area contributed by atoms with Crippen molar-refractivity contribution in [2.75, 3.05) is 38.5 Å². The number of benzene rings is 2. The fraction of sp³-hybridized carbons (Fsp3) is 0.292. The molecule has 0 aliphatic carbocycles. The Bertz CT molecular complexity index is 982. The lowest BCUT2D eigenvalue weighted by atomic mass is 10.1. The average Bonchev–Trinajstić information content (AvgIpc) is 2.80. The topological polar surface area (TPSA) is 61.4 Å². The third-order valence-corrected chi connectivity index (χ3v) is 5.52. The summed E-state index contributed by atoms with van der Waals surface area (Å²) in [7, 11) is 2.08. The number of carbonyl (C=O) groups excluding carboxylic acids is 1. The van der Waals surface area contributed by atoms with Crippen LogP contribution < -0.4 is 5.32 Å². The van der Waals surface area contributed by atoms with Crippen LogP contribution in [-0.2, 0) is 0 Å². The minimum Gasteiger partial charge on any atom is -0.362 e. The second-order valence-corrected chi connectivity index (χ2v) is 7.74. The highest BCUT2D eigenvalue weighted by molar-refractivity contribution is 5.94. The molecule has 3 aromatic rings. The van der Waals surface area contributed by atoms with E-state index < -0.39 is 0 Å². The fourth-order valence-corrected chi connectivity index (χ4v) is 3.60. The number of likely N-dealkylation sites (N-methyl/N-ethyl adjacent to an activating group) is 1. The standard InChI is InChI=1S/C24H27N5O/c1-18(19-6-4-3-5-7-19)26-23-17-25-16-22(27-23)20-8-10-21(11-9-20)24(30)29-14-12-28(2)13-15-29/h3-11,16-18H,12-15H2,1-2H3,(H,26,27). The number of hydrogen-bond acceptors (Lipinski definition) is 5. The van der Waals surface area contributed by atoms with Crippen molar-refractivity contribution in [1.29, 1.82) is 0 Å².